The lowest BCUT2D eigenvalue weighted by Gasteiger charge is -2.27. The lowest BCUT2D eigenvalue weighted by molar-refractivity contribution is -0.129. The Kier molecular flexibility index (Phi) is 7.85. The Balaban J connectivity index is 1.67. The molecule has 1 N–H and O–H groups in total. The van der Waals surface area contributed by atoms with Gasteiger partial charge in [0.05, 0.1) is 31.7 Å². The molecule has 0 fully saturated rings. The van der Waals surface area contributed by atoms with Crippen LogP contribution in [0.4, 0.5) is 0 Å². The fourth-order valence-electron chi connectivity index (χ4n) is 4.28. The molecule has 8 heteroatoms. The second-order valence-corrected chi connectivity index (χ2v) is 8.27. The third-order valence-corrected chi connectivity index (χ3v) is 5.97. The van der Waals surface area contributed by atoms with Crippen LogP contribution in [0.15, 0.2) is 84.7 Å². The molecule has 4 rings (SSSR count). The number of benzene rings is 2. The summed E-state index contributed by atoms with van der Waals surface area (Å²) in [6.07, 6.45) is 8.92. The van der Waals surface area contributed by atoms with Crippen LogP contribution in [0.2, 0.25) is 0 Å². The first-order chi connectivity index (χ1) is 17.5. The van der Waals surface area contributed by atoms with Gasteiger partial charge in [0.25, 0.3) is 5.91 Å². The van der Waals surface area contributed by atoms with Crippen molar-refractivity contribution >= 4 is 17.8 Å². The van der Waals surface area contributed by atoms with Gasteiger partial charge in [-0.15, -0.1) is 0 Å². The van der Waals surface area contributed by atoms with E-state index in [1.165, 1.54) is 18.1 Å². The smallest absolute Gasteiger partial charge is 0.290 e. The molecular formula is C28H29N3O5. The van der Waals surface area contributed by atoms with E-state index in [1.807, 2.05) is 48.0 Å². The molecule has 1 amide bonds. The standard InChI is InChI=1S/C28H29N3O5/c1-3-36-23-13-11-21(18-24(23)35-2)26-25(22(32)12-10-20-8-5-4-6-9-20)27(33)28(34)31(26)16-7-15-30-17-14-29-19-30/h4-6,8-14,17-19,26,33H,3,7,15-16H2,1-2H3/b12-10+. The van der Waals surface area contributed by atoms with Gasteiger partial charge < -0.3 is 24.0 Å². The van der Waals surface area contributed by atoms with Crippen molar-refractivity contribution < 1.29 is 24.2 Å². The van der Waals surface area contributed by atoms with Crippen LogP contribution < -0.4 is 9.47 Å². The van der Waals surface area contributed by atoms with Crippen molar-refractivity contribution in [3.05, 3.63) is 95.8 Å². The van der Waals surface area contributed by atoms with E-state index in [0.29, 0.717) is 43.2 Å². The monoisotopic (exact) mass is 487 g/mol. The average molecular weight is 488 g/mol. The Hall–Kier alpha value is -4.33. The van der Waals surface area contributed by atoms with E-state index in [-0.39, 0.29) is 5.57 Å². The summed E-state index contributed by atoms with van der Waals surface area (Å²) in [4.78, 5) is 32.1. The molecule has 1 atom stereocenters. The van der Waals surface area contributed by atoms with Gasteiger partial charge in [0.15, 0.2) is 23.0 Å². The Labute approximate surface area is 210 Å². The molecule has 0 spiro atoms. The average Bonchev–Trinajstić information content (AvgIpc) is 3.51. The molecule has 186 valence electrons. The van der Waals surface area contributed by atoms with Crippen molar-refractivity contribution in [2.24, 2.45) is 0 Å². The number of aryl methyl sites for hydroxylation is 1. The van der Waals surface area contributed by atoms with Crippen LogP contribution >= 0.6 is 0 Å². The molecule has 8 nitrogen and oxygen atoms in total. The fraction of sp³-hybridized carbons (Fsp3) is 0.250. The van der Waals surface area contributed by atoms with Crippen LogP contribution in [0, 0.1) is 0 Å². The number of aliphatic hydroxyl groups excluding tert-OH is 1. The van der Waals surface area contributed by atoms with Crippen molar-refractivity contribution in [1.29, 1.82) is 0 Å². The molecule has 0 aliphatic carbocycles. The molecule has 1 unspecified atom stereocenters. The number of aliphatic hydroxyl groups is 1. The lowest BCUT2D eigenvalue weighted by atomic mass is 9.95. The van der Waals surface area contributed by atoms with Crippen molar-refractivity contribution in [2.75, 3.05) is 20.3 Å². The van der Waals surface area contributed by atoms with E-state index in [4.69, 9.17) is 9.47 Å². The second-order valence-electron chi connectivity index (χ2n) is 8.27. The van der Waals surface area contributed by atoms with Crippen molar-refractivity contribution in [3.63, 3.8) is 0 Å². The minimum atomic E-state index is -0.766. The fourth-order valence-corrected chi connectivity index (χ4v) is 4.28. The number of carbonyl (C=O) groups is 2. The van der Waals surface area contributed by atoms with E-state index in [9.17, 15) is 14.7 Å². The van der Waals surface area contributed by atoms with Crippen molar-refractivity contribution in [3.8, 4) is 11.5 Å². The minimum absolute atomic E-state index is 0.0426. The zero-order valence-electron chi connectivity index (χ0n) is 20.3. The maximum Gasteiger partial charge on any atom is 0.290 e. The highest BCUT2D eigenvalue weighted by atomic mass is 16.5. The van der Waals surface area contributed by atoms with Crippen LogP contribution in [0.25, 0.3) is 6.08 Å². The summed E-state index contributed by atoms with van der Waals surface area (Å²) in [6.45, 7) is 3.32. The zero-order valence-corrected chi connectivity index (χ0v) is 20.3. The predicted molar refractivity (Wildman–Crippen MR) is 136 cm³/mol. The van der Waals surface area contributed by atoms with Gasteiger partial charge in [0, 0.05) is 25.5 Å². The minimum Gasteiger partial charge on any atom is -0.503 e. The van der Waals surface area contributed by atoms with Gasteiger partial charge in [-0.05, 0) is 42.7 Å². The summed E-state index contributed by atoms with van der Waals surface area (Å²) in [7, 11) is 1.53. The maximum absolute atomic E-state index is 13.3. The van der Waals surface area contributed by atoms with E-state index < -0.39 is 23.5 Å². The van der Waals surface area contributed by atoms with Crippen LogP contribution in [0.5, 0.6) is 11.5 Å². The van der Waals surface area contributed by atoms with E-state index in [2.05, 4.69) is 4.98 Å². The van der Waals surface area contributed by atoms with Crippen LogP contribution in [0.3, 0.4) is 0 Å². The van der Waals surface area contributed by atoms with Crippen LogP contribution in [-0.4, -0.2) is 51.5 Å². The number of amides is 1. The zero-order chi connectivity index (χ0) is 25.5. The summed E-state index contributed by atoms with van der Waals surface area (Å²) in [6, 6.07) is 13.9. The number of imidazole rings is 1. The summed E-state index contributed by atoms with van der Waals surface area (Å²) in [5, 5.41) is 10.8. The van der Waals surface area contributed by atoms with E-state index in [0.717, 1.165) is 5.56 Å². The Bertz CT molecular complexity index is 1270. The highest BCUT2D eigenvalue weighted by molar-refractivity contribution is 6.14. The second kappa shape index (κ2) is 11.4. The first kappa shape index (κ1) is 24.8. The number of ether oxygens (including phenoxy) is 2. The maximum atomic E-state index is 13.3. The van der Waals surface area contributed by atoms with Gasteiger partial charge in [-0.25, -0.2) is 4.98 Å². The highest BCUT2D eigenvalue weighted by Crippen LogP contribution is 2.41. The highest BCUT2D eigenvalue weighted by Gasteiger charge is 2.42. The summed E-state index contributed by atoms with van der Waals surface area (Å²) in [5.74, 6) is -0.490. The summed E-state index contributed by atoms with van der Waals surface area (Å²) in [5.41, 5.74) is 1.53. The third-order valence-electron chi connectivity index (χ3n) is 5.97. The normalized spacial score (nSPS) is 15.7. The van der Waals surface area contributed by atoms with Crippen molar-refractivity contribution in [1.82, 2.24) is 14.5 Å². The number of carbonyl (C=O) groups excluding carboxylic acids is 2. The number of methoxy groups -OCH3 is 1. The van der Waals surface area contributed by atoms with Gasteiger partial charge in [-0.1, -0.05) is 42.5 Å². The number of ketones is 1. The van der Waals surface area contributed by atoms with Gasteiger partial charge in [0.2, 0.25) is 0 Å². The SMILES string of the molecule is CCOc1ccc(C2C(C(=O)/C=C/c3ccccc3)=C(O)C(=O)N2CCCn2ccnc2)cc1OC. The quantitative estimate of drug-likeness (QED) is 0.404. The number of aromatic nitrogens is 2. The number of rotatable bonds is 11. The van der Waals surface area contributed by atoms with E-state index in [1.54, 1.807) is 36.8 Å². The number of nitrogens with zero attached hydrogens (tertiary/aromatic N) is 3. The lowest BCUT2D eigenvalue weighted by Crippen LogP contribution is -2.32. The Morgan fingerprint density at radius 1 is 1.14 bits per heavy atom. The molecule has 3 aromatic rings. The molecule has 0 radical (unpaired) electrons. The molecule has 2 aromatic carbocycles. The molecule has 2 heterocycles. The first-order valence-electron chi connectivity index (χ1n) is 11.8. The van der Waals surface area contributed by atoms with Crippen LogP contribution in [-0.2, 0) is 16.1 Å². The molecule has 0 saturated heterocycles. The Morgan fingerprint density at radius 2 is 1.94 bits per heavy atom. The van der Waals surface area contributed by atoms with Gasteiger partial charge in [0.1, 0.15) is 0 Å². The molecule has 1 aromatic heterocycles. The van der Waals surface area contributed by atoms with E-state index >= 15 is 0 Å². The first-order valence-corrected chi connectivity index (χ1v) is 11.8. The van der Waals surface area contributed by atoms with Crippen molar-refractivity contribution in [2.45, 2.75) is 25.9 Å². The number of hydrogen-bond donors (Lipinski definition) is 1. The van der Waals surface area contributed by atoms with Gasteiger partial charge in [-0.3, -0.25) is 9.59 Å². The number of hydrogen-bond acceptors (Lipinski definition) is 6. The van der Waals surface area contributed by atoms with Gasteiger partial charge in [-0.2, -0.15) is 0 Å². The van der Waals surface area contributed by atoms with Gasteiger partial charge >= 0.3 is 0 Å². The molecule has 0 saturated carbocycles. The predicted octanol–water partition coefficient (Wildman–Crippen LogP) is 4.36. The molecular weight excluding hydrogens is 458 g/mol. The largest absolute Gasteiger partial charge is 0.503 e. The number of allylic oxidation sites excluding steroid dienone is 1. The van der Waals surface area contributed by atoms with Crippen LogP contribution in [0.1, 0.15) is 30.5 Å². The summed E-state index contributed by atoms with van der Waals surface area (Å²) >= 11 is 0. The molecule has 0 bridgehead atoms. The molecule has 36 heavy (non-hydrogen) atoms. The third kappa shape index (κ3) is 5.33. The molecule has 1 aliphatic heterocycles. The molecule has 1 aliphatic rings. The summed E-state index contributed by atoms with van der Waals surface area (Å²) < 4.78 is 13.0. The topological polar surface area (TPSA) is 93.9 Å². The Morgan fingerprint density at radius 3 is 2.64 bits per heavy atom.